The van der Waals surface area contributed by atoms with Crippen LogP contribution in [0.4, 0.5) is 0 Å². The molecule has 3 saturated carbocycles. The fourth-order valence-electron chi connectivity index (χ4n) is 9.65. The van der Waals surface area contributed by atoms with Crippen LogP contribution in [0.25, 0.3) is 0 Å². The van der Waals surface area contributed by atoms with Crippen LogP contribution in [-0.4, -0.2) is 12.6 Å². The normalized spacial score (nSPS) is 51.0. The van der Waals surface area contributed by atoms with Crippen molar-refractivity contribution in [3.05, 3.63) is 11.1 Å². The third-order valence-electron chi connectivity index (χ3n) is 10.6. The number of carbonyl (C=O) groups excluding carboxylic acids is 1. The maximum Gasteiger partial charge on any atom is 0.334 e. The monoisotopic (exact) mass is 370 g/mol. The summed E-state index contributed by atoms with van der Waals surface area (Å²) < 4.78 is 5.50. The molecule has 0 radical (unpaired) electrons. The van der Waals surface area contributed by atoms with Crippen molar-refractivity contribution in [2.75, 3.05) is 6.61 Å². The van der Waals surface area contributed by atoms with Crippen molar-refractivity contribution >= 4 is 5.97 Å². The van der Waals surface area contributed by atoms with Gasteiger partial charge in [-0.3, -0.25) is 0 Å². The van der Waals surface area contributed by atoms with Crippen LogP contribution in [-0.2, 0) is 9.53 Å². The smallest absolute Gasteiger partial charge is 0.334 e. The molecule has 5 aliphatic rings. The highest BCUT2D eigenvalue weighted by atomic mass is 16.5. The molecule has 6 atom stereocenters. The topological polar surface area (TPSA) is 26.3 Å². The predicted molar refractivity (Wildman–Crippen MR) is 108 cm³/mol. The van der Waals surface area contributed by atoms with E-state index in [1.807, 2.05) is 0 Å². The second-order valence-corrected chi connectivity index (χ2v) is 12.1. The van der Waals surface area contributed by atoms with Crippen LogP contribution in [0, 0.1) is 39.4 Å². The Morgan fingerprint density at radius 1 is 0.815 bits per heavy atom. The Kier molecular flexibility index (Phi) is 3.66. The van der Waals surface area contributed by atoms with Gasteiger partial charge in [-0.1, -0.05) is 41.0 Å². The molecule has 0 spiro atoms. The van der Waals surface area contributed by atoms with Gasteiger partial charge in [-0.15, -0.1) is 0 Å². The molecule has 0 aromatic carbocycles. The van der Waals surface area contributed by atoms with Gasteiger partial charge in [0.05, 0.1) is 0 Å². The predicted octanol–water partition coefficient (Wildman–Crippen LogP) is 6.30. The van der Waals surface area contributed by atoms with E-state index in [9.17, 15) is 4.79 Å². The number of hydrogen-bond donors (Lipinski definition) is 0. The Labute approximate surface area is 165 Å². The lowest BCUT2D eigenvalue weighted by molar-refractivity contribution is -0.188. The van der Waals surface area contributed by atoms with Crippen LogP contribution in [0.3, 0.4) is 0 Å². The third-order valence-corrected chi connectivity index (χ3v) is 10.6. The van der Waals surface area contributed by atoms with E-state index in [0.717, 1.165) is 23.8 Å². The Morgan fingerprint density at radius 2 is 1.52 bits per heavy atom. The van der Waals surface area contributed by atoms with E-state index in [4.69, 9.17) is 4.74 Å². The maximum atomic E-state index is 12.6. The standard InChI is InChI=1S/C25H38O2/c1-22(2)11-6-12-23(3)17(22)9-13-24(4)18-8-7-16-15-27-21(26)20(16)25(18,5)14-10-19(23)24/h17-19H,6-15H2,1-5H3. The quantitative estimate of drug-likeness (QED) is 0.468. The molecular weight excluding hydrogens is 332 g/mol. The average Bonchev–Trinajstić information content (AvgIpc) is 2.95. The lowest BCUT2D eigenvalue weighted by atomic mass is 9.35. The second kappa shape index (κ2) is 5.42. The minimum Gasteiger partial charge on any atom is -0.458 e. The second-order valence-electron chi connectivity index (χ2n) is 12.1. The first-order chi connectivity index (χ1) is 12.6. The highest BCUT2D eigenvalue weighted by molar-refractivity contribution is 5.93. The van der Waals surface area contributed by atoms with Crippen LogP contribution in [0.5, 0.6) is 0 Å². The fraction of sp³-hybridized carbons (Fsp3) is 0.880. The van der Waals surface area contributed by atoms with Crippen LogP contribution in [0.15, 0.2) is 11.1 Å². The molecular formula is C25H38O2. The molecule has 0 saturated heterocycles. The summed E-state index contributed by atoms with van der Waals surface area (Å²) in [6, 6.07) is 0. The van der Waals surface area contributed by atoms with Gasteiger partial charge in [-0.25, -0.2) is 4.79 Å². The largest absolute Gasteiger partial charge is 0.458 e. The number of hydrogen-bond acceptors (Lipinski definition) is 2. The van der Waals surface area contributed by atoms with E-state index < -0.39 is 0 Å². The van der Waals surface area contributed by atoms with Gasteiger partial charge in [0, 0.05) is 11.0 Å². The summed E-state index contributed by atoms with van der Waals surface area (Å²) in [6.07, 6.45) is 11.8. The molecule has 0 aromatic heterocycles. The summed E-state index contributed by atoms with van der Waals surface area (Å²) in [5.74, 6) is 2.35. The van der Waals surface area contributed by atoms with Gasteiger partial charge >= 0.3 is 5.97 Å². The molecule has 0 bridgehead atoms. The Bertz CT molecular complexity index is 718. The minimum atomic E-state index is 0.0120. The molecule has 0 aromatic rings. The first-order valence-electron chi connectivity index (χ1n) is 11.5. The minimum absolute atomic E-state index is 0.0120. The first-order valence-corrected chi connectivity index (χ1v) is 11.5. The SMILES string of the molecule is CC1(C)CCCC2(C)C1CCC1(C)C3CCC4=C(C(=O)OC4)C3(C)CCC21. The summed E-state index contributed by atoms with van der Waals surface area (Å²) >= 11 is 0. The van der Waals surface area contributed by atoms with Gasteiger partial charge in [-0.05, 0) is 90.9 Å². The van der Waals surface area contributed by atoms with E-state index in [0.29, 0.717) is 28.8 Å². The summed E-state index contributed by atoms with van der Waals surface area (Å²) in [5, 5.41) is 0. The third kappa shape index (κ3) is 2.16. The number of fused-ring (bicyclic) bond motifs is 6. The zero-order valence-electron chi connectivity index (χ0n) is 18.1. The zero-order valence-corrected chi connectivity index (χ0v) is 18.1. The van der Waals surface area contributed by atoms with Gasteiger partial charge in [0.25, 0.3) is 0 Å². The number of ether oxygens (including phenoxy) is 1. The van der Waals surface area contributed by atoms with Gasteiger partial charge in [0.1, 0.15) is 6.61 Å². The van der Waals surface area contributed by atoms with E-state index in [2.05, 4.69) is 34.6 Å². The van der Waals surface area contributed by atoms with E-state index in [1.165, 1.54) is 56.9 Å². The number of carbonyl (C=O) groups is 1. The molecule has 4 aliphatic carbocycles. The van der Waals surface area contributed by atoms with Crippen molar-refractivity contribution in [3.63, 3.8) is 0 Å². The summed E-state index contributed by atoms with van der Waals surface area (Å²) in [7, 11) is 0. The van der Waals surface area contributed by atoms with Gasteiger partial charge in [0.15, 0.2) is 0 Å². The molecule has 3 fully saturated rings. The Hall–Kier alpha value is -0.790. The number of rotatable bonds is 0. The lowest BCUT2D eigenvalue weighted by Gasteiger charge is -2.69. The number of cyclic esters (lactones) is 1. The molecule has 1 heterocycles. The molecule has 2 heteroatoms. The van der Waals surface area contributed by atoms with Gasteiger partial charge < -0.3 is 4.74 Å². The molecule has 5 rings (SSSR count). The van der Waals surface area contributed by atoms with Crippen molar-refractivity contribution in [2.45, 2.75) is 92.4 Å². The Morgan fingerprint density at radius 3 is 2.30 bits per heavy atom. The zero-order chi connectivity index (χ0) is 19.2. The van der Waals surface area contributed by atoms with Crippen molar-refractivity contribution in [1.29, 1.82) is 0 Å². The average molecular weight is 371 g/mol. The molecule has 150 valence electrons. The molecule has 27 heavy (non-hydrogen) atoms. The maximum absolute atomic E-state index is 12.6. The lowest BCUT2D eigenvalue weighted by Crippen LogP contribution is -2.61. The van der Waals surface area contributed by atoms with Crippen molar-refractivity contribution in [1.82, 2.24) is 0 Å². The summed E-state index contributed by atoms with van der Waals surface area (Å²) in [5.41, 5.74) is 3.86. The highest BCUT2D eigenvalue weighted by Gasteiger charge is 2.66. The summed E-state index contributed by atoms with van der Waals surface area (Å²) in [6.45, 7) is 13.3. The molecule has 1 aliphatic heterocycles. The highest BCUT2D eigenvalue weighted by Crippen LogP contribution is 2.73. The molecule has 0 N–H and O–H groups in total. The fourth-order valence-corrected chi connectivity index (χ4v) is 9.65. The number of esters is 1. The van der Waals surface area contributed by atoms with Crippen molar-refractivity contribution in [2.24, 2.45) is 39.4 Å². The Balaban J connectivity index is 1.56. The van der Waals surface area contributed by atoms with Crippen LogP contribution in [0.2, 0.25) is 0 Å². The van der Waals surface area contributed by atoms with E-state index >= 15 is 0 Å². The first kappa shape index (κ1) is 18.3. The van der Waals surface area contributed by atoms with Crippen molar-refractivity contribution < 1.29 is 9.53 Å². The molecule has 6 unspecified atom stereocenters. The van der Waals surface area contributed by atoms with E-state index in [-0.39, 0.29) is 11.4 Å². The van der Waals surface area contributed by atoms with Crippen molar-refractivity contribution in [3.8, 4) is 0 Å². The van der Waals surface area contributed by atoms with Gasteiger partial charge in [-0.2, -0.15) is 0 Å². The molecule has 0 amide bonds. The van der Waals surface area contributed by atoms with Crippen LogP contribution in [0.1, 0.15) is 92.4 Å². The van der Waals surface area contributed by atoms with E-state index in [1.54, 1.807) is 0 Å². The van der Waals surface area contributed by atoms with Gasteiger partial charge in [0.2, 0.25) is 0 Å². The van der Waals surface area contributed by atoms with Crippen LogP contribution < -0.4 is 0 Å². The summed E-state index contributed by atoms with van der Waals surface area (Å²) in [4.78, 5) is 12.6. The molecule has 2 nitrogen and oxygen atoms in total. The van der Waals surface area contributed by atoms with Crippen LogP contribution >= 0.6 is 0 Å².